The normalized spacial score (nSPS) is 17.8. The van der Waals surface area contributed by atoms with Gasteiger partial charge in [-0.2, -0.15) is 0 Å². The first-order valence-corrected chi connectivity index (χ1v) is 8.21. The van der Waals surface area contributed by atoms with E-state index in [-0.39, 0.29) is 6.10 Å². The number of nitrogens with zero attached hydrogens (tertiary/aromatic N) is 3. The van der Waals surface area contributed by atoms with E-state index in [1.54, 1.807) is 13.3 Å². The second-order valence-electron chi connectivity index (χ2n) is 6.00. The highest BCUT2D eigenvalue weighted by molar-refractivity contribution is 5.41. The molecule has 1 atom stereocenters. The molecule has 1 N–H and O–H groups in total. The fourth-order valence-electron chi connectivity index (χ4n) is 2.88. The molecule has 24 heavy (non-hydrogen) atoms. The Morgan fingerprint density at radius 2 is 2.17 bits per heavy atom. The molecule has 2 aromatic heterocycles. The van der Waals surface area contributed by atoms with Crippen LogP contribution in [-0.4, -0.2) is 48.2 Å². The van der Waals surface area contributed by atoms with Gasteiger partial charge in [0.1, 0.15) is 0 Å². The van der Waals surface area contributed by atoms with Crippen LogP contribution in [0.3, 0.4) is 0 Å². The molecule has 3 rings (SSSR count). The van der Waals surface area contributed by atoms with Crippen molar-refractivity contribution in [3.63, 3.8) is 0 Å². The van der Waals surface area contributed by atoms with Crippen LogP contribution < -0.4 is 10.1 Å². The Hall–Kier alpha value is -2.18. The summed E-state index contributed by atoms with van der Waals surface area (Å²) in [6.45, 7) is 3.50. The molecule has 0 aromatic carbocycles. The van der Waals surface area contributed by atoms with Crippen LogP contribution in [0.5, 0.6) is 5.88 Å². The number of anilines is 1. The van der Waals surface area contributed by atoms with Gasteiger partial charge in [0.2, 0.25) is 5.88 Å². The minimum absolute atomic E-state index is 0.271. The predicted molar refractivity (Wildman–Crippen MR) is 93.0 cm³/mol. The molecule has 6 heteroatoms. The maximum Gasteiger partial charge on any atom is 0.212 e. The summed E-state index contributed by atoms with van der Waals surface area (Å²) in [6.07, 6.45) is 6.90. The first-order valence-electron chi connectivity index (χ1n) is 8.21. The van der Waals surface area contributed by atoms with Crippen LogP contribution in [0.15, 0.2) is 36.8 Å². The lowest BCUT2D eigenvalue weighted by Crippen LogP contribution is -2.23. The third kappa shape index (κ3) is 4.43. The smallest absolute Gasteiger partial charge is 0.212 e. The topological polar surface area (TPSA) is 59.5 Å². The zero-order valence-electron chi connectivity index (χ0n) is 14.2. The summed E-state index contributed by atoms with van der Waals surface area (Å²) in [5, 5.41) is 3.13. The Labute approximate surface area is 142 Å². The number of aromatic nitrogens is 2. The van der Waals surface area contributed by atoms with Gasteiger partial charge in [-0.25, -0.2) is 4.98 Å². The fraction of sp³-hybridized carbons (Fsp3) is 0.444. The van der Waals surface area contributed by atoms with Crippen molar-refractivity contribution in [2.45, 2.75) is 25.7 Å². The first kappa shape index (κ1) is 16.7. The van der Waals surface area contributed by atoms with Crippen LogP contribution in [0.4, 0.5) is 5.69 Å². The zero-order valence-corrected chi connectivity index (χ0v) is 14.2. The van der Waals surface area contributed by atoms with Crippen molar-refractivity contribution in [2.75, 3.05) is 32.6 Å². The van der Waals surface area contributed by atoms with Crippen LogP contribution >= 0.6 is 0 Å². The third-order valence-corrected chi connectivity index (χ3v) is 4.21. The summed E-state index contributed by atoms with van der Waals surface area (Å²) in [6, 6.07) is 6.00. The van der Waals surface area contributed by atoms with E-state index < -0.39 is 0 Å². The first-order chi connectivity index (χ1) is 11.8. The van der Waals surface area contributed by atoms with Crippen LogP contribution in [0.2, 0.25) is 0 Å². The highest BCUT2D eigenvalue weighted by Gasteiger charge is 2.23. The van der Waals surface area contributed by atoms with E-state index in [4.69, 9.17) is 9.47 Å². The summed E-state index contributed by atoms with van der Waals surface area (Å²) in [5.74, 6) is 0.628. The van der Waals surface area contributed by atoms with Crippen molar-refractivity contribution in [3.05, 3.63) is 47.9 Å². The molecule has 0 amide bonds. The highest BCUT2D eigenvalue weighted by Crippen LogP contribution is 2.18. The molecule has 1 saturated heterocycles. The zero-order chi connectivity index (χ0) is 16.8. The quantitative estimate of drug-likeness (QED) is 0.842. The van der Waals surface area contributed by atoms with Crippen LogP contribution in [-0.2, 0) is 17.9 Å². The van der Waals surface area contributed by atoms with E-state index in [0.717, 1.165) is 37.3 Å². The minimum Gasteiger partial charge on any atom is -0.481 e. The Bertz CT molecular complexity index is 648. The lowest BCUT2D eigenvalue weighted by molar-refractivity contribution is 0.0460. The summed E-state index contributed by atoms with van der Waals surface area (Å²) < 4.78 is 11.1. The number of hydrogen-bond donors (Lipinski definition) is 1. The van der Waals surface area contributed by atoms with E-state index in [1.165, 1.54) is 5.56 Å². The van der Waals surface area contributed by atoms with Gasteiger partial charge in [0.25, 0.3) is 0 Å². The molecule has 0 unspecified atom stereocenters. The van der Waals surface area contributed by atoms with Crippen molar-refractivity contribution in [1.29, 1.82) is 0 Å². The molecule has 0 saturated carbocycles. The van der Waals surface area contributed by atoms with Gasteiger partial charge < -0.3 is 14.8 Å². The lowest BCUT2D eigenvalue weighted by atomic mass is 10.2. The number of likely N-dealkylation sites (tertiary alicyclic amines) is 1. The summed E-state index contributed by atoms with van der Waals surface area (Å²) in [7, 11) is 3.53. The molecule has 0 bridgehead atoms. The third-order valence-electron chi connectivity index (χ3n) is 4.21. The number of pyridine rings is 2. The Morgan fingerprint density at radius 3 is 2.92 bits per heavy atom. The number of hydrogen-bond acceptors (Lipinski definition) is 6. The molecule has 0 radical (unpaired) electrons. The molecule has 128 valence electrons. The van der Waals surface area contributed by atoms with Gasteiger partial charge in [-0.05, 0) is 29.7 Å². The van der Waals surface area contributed by atoms with Crippen LogP contribution in [0, 0.1) is 0 Å². The second-order valence-corrected chi connectivity index (χ2v) is 6.00. The van der Waals surface area contributed by atoms with Crippen molar-refractivity contribution in [3.8, 4) is 5.88 Å². The predicted octanol–water partition coefficient (Wildman–Crippen LogP) is 2.32. The Kier molecular flexibility index (Phi) is 5.61. The second kappa shape index (κ2) is 8.08. The molecule has 1 aliphatic heterocycles. The number of ether oxygens (including phenoxy) is 2. The van der Waals surface area contributed by atoms with Gasteiger partial charge in [0.05, 0.1) is 25.5 Å². The largest absolute Gasteiger partial charge is 0.481 e. The van der Waals surface area contributed by atoms with Gasteiger partial charge in [0, 0.05) is 51.3 Å². The summed E-state index contributed by atoms with van der Waals surface area (Å²) in [4.78, 5) is 10.9. The van der Waals surface area contributed by atoms with Crippen molar-refractivity contribution >= 4 is 5.69 Å². The van der Waals surface area contributed by atoms with Gasteiger partial charge in [-0.15, -0.1) is 0 Å². The highest BCUT2D eigenvalue weighted by atomic mass is 16.5. The van der Waals surface area contributed by atoms with E-state index in [0.29, 0.717) is 12.5 Å². The number of methoxy groups -OCH3 is 1. The maximum atomic E-state index is 6.02. The lowest BCUT2D eigenvalue weighted by Gasteiger charge is -2.16. The molecule has 0 spiro atoms. The van der Waals surface area contributed by atoms with E-state index in [9.17, 15) is 0 Å². The number of rotatable bonds is 7. The van der Waals surface area contributed by atoms with Gasteiger partial charge in [0.15, 0.2) is 0 Å². The molecular weight excluding hydrogens is 304 g/mol. The molecule has 0 aliphatic carbocycles. The SMILES string of the molecule is CNc1cncc(CN2CC[C@H](OCc3ccc(OC)nc3)C2)c1. The Morgan fingerprint density at radius 1 is 1.25 bits per heavy atom. The van der Waals surface area contributed by atoms with Crippen LogP contribution in [0.1, 0.15) is 17.5 Å². The fourth-order valence-corrected chi connectivity index (χ4v) is 2.88. The van der Waals surface area contributed by atoms with E-state index in [1.807, 2.05) is 31.6 Å². The van der Waals surface area contributed by atoms with Crippen LogP contribution in [0.25, 0.3) is 0 Å². The minimum atomic E-state index is 0.271. The maximum absolute atomic E-state index is 6.02. The standard InChI is InChI=1S/C18H24N4O2/c1-19-16-7-15(8-20-10-16)11-22-6-5-17(12-22)24-13-14-3-4-18(23-2)21-9-14/h3-4,7-10,17,19H,5-6,11-13H2,1-2H3/t17-/m0/s1. The summed E-state index contributed by atoms with van der Waals surface area (Å²) in [5.41, 5.74) is 3.34. The monoisotopic (exact) mass is 328 g/mol. The van der Waals surface area contributed by atoms with Crippen molar-refractivity contribution in [2.24, 2.45) is 0 Å². The van der Waals surface area contributed by atoms with E-state index >= 15 is 0 Å². The van der Waals surface area contributed by atoms with Gasteiger partial charge in [-0.3, -0.25) is 9.88 Å². The molecule has 6 nitrogen and oxygen atoms in total. The number of nitrogens with one attached hydrogen (secondary N) is 1. The van der Waals surface area contributed by atoms with E-state index in [2.05, 4.69) is 26.3 Å². The summed E-state index contributed by atoms with van der Waals surface area (Å²) >= 11 is 0. The average Bonchev–Trinajstić information content (AvgIpc) is 3.08. The average molecular weight is 328 g/mol. The van der Waals surface area contributed by atoms with Crippen molar-refractivity contribution in [1.82, 2.24) is 14.9 Å². The van der Waals surface area contributed by atoms with Gasteiger partial charge in [-0.1, -0.05) is 0 Å². The molecule has 2 aromatic rings. The molecule has 1 aliphatic rings. The molecular formula is C18H24N4O2. The Balaban J connectivity index is 1.46. The molecule has 3 heterocycles. The van der Waals surface area contributed by atoms with Gasteiger partial charge >= 0.3 is 0 Å². The molecule has 1 fully saturated rings. The van der Waals surface area contributed by atoms with Crippen molar-refractivity contribution < 1.29 is 9.47 Å².